The minimum atomic E-state index is -0.946. The largest absolute Gasteiger partial charge is 0.507 e. The number of methoxy groups -OCH3 is 1. The van der Waals surface area contributed by atoms with Gasteiger partial charge in [-0.1, -0.05) is 0 Å². The summed E-state index contributed by atoms with van der Waals surface area (Å²) < 4.78 is 5.42. The first-order valence-electron chi connectivity index (χ1n) is 4.26. The Hall–Kier alpha value is -1.23. The van der Waals surface area contributed by atoms with Gasteiger partial charge in [-0.3, -0.25) is 4.79 Å². The van der Waals surface area contributed by atoms with Crippen LogP contribution in [0, 0.1) is 0 Å². The third-order valence-corrected chi connectivity index (χ3v) is 2.93. The molecule has 0 aliphatic rings. The van der Waals surface area contributed by atoms with Gasteiger partial charge >= 0.3 is 5.97 Å². The molecule has 1 unspecified atom stereocenters. The zero-order valence-electron chi connectivity index (χ0n) is 8.32. The first kappa shape index (κ1) is 11.8. The van der Waals surface area contributed by atoms with Crippen molar-refractivity contribution in [2.24, 2.45) is 0 Å². The Morgan fingerprint density at radius 2 is 2.13 bits per heavy atom. The molecule has 1 aromatic rings. The van der Waals surface area contributed by atoms with Crippen LogP contribution in [0.4, 0.5) is 0 Å². The molecule has 1 rings (SSSR count). The SMILES string of the molecule is COc1cc(C(C)C(=O)O)cc(O)c1Br. The number of hydrogen-bond donors (Lipinski definition) is 2. The number of halogens is 1. The van der Waals surface area contributed by atoms with E-state index >= 15 is 0 Å². The summed E-state index contributed by atoms with van der Waals surface area (Å²) in [5.41, 5.74) is 0.500. The third-order valence-electron chi connectivity index (χ3n) is 2.13. The number of rotatable bonds is 3. The van der Waals surface area contributed by atoms with Crippen molar-refractivity contribution in [2.75, 3.05) is 7.11 Å². The highest BCUT2D eigenvalue weighted by Crippen LogP contribution is 2.36. The number of benzene rings is 1. The van der Waals surface area contributed by atoms with Crippen LogP contribution in [0.3, 0.4) is 0 Å². The second-order valence-electron chi connectivity index (χ2n) is 3.12. The molecule has 0 bridgehead atoms. The van der Waals surface area contributed by atoms with Crippen molar-refractivity contribution >= 4 is 21.9 Å². The molecule has 0 fully saturated rings. The van der Waals surface area contributed by atoms with Crippen molar-refractivity contribution in [3.63, 3.8) is 0 Å². The highest BCUT2D eigenvalue weighted by Gasteiger charge is 2.17. The fraction of sp³-hybridized carbons (Fsp3) is 0.300. The van der Waals surface area contributed by atoms with Crippen molar-refractivity contribution < 1.29 is 19.7 Å². The molecule has 5 heteroatoms. The average Bonchev–Trinajstić information content (AvgIpc) is 2.20. The fourth-order valence-corrected chi connectivity index (χ4v) is 1.54. The lowest BCUT2D eigenvalue weighted by atomic mass is 10.0. The van der Waals surface area contributed by atoms with Gasteiger partial charge in [-0.2, -0.15) is 0 Å². The number of hydrogen-bond acceptors (Lipinski definition) is 3. The Balaban J connectivity index is 3.22. The van der Waals surface area contributed by atoms with E-state index in [-0.39, 0.29) is 5.75 Å². The molecular formula is C10H11BrO4. The predicted molar refractivity (Wildman–Crippen MR) is 58.4 cm³/mol. The summed E-state index contributed by atoms with van der Waals surface area (Å²) in [6.45, 7) is 1.55. The zero-order chi connectivity index (χ0) is 11.6. The van der Waals surface area contributed by atoms with E-state index < -0.39 is 11.9 Å². The number of carboxylic acid groups (broad SMARTS) is 1. The number of carboxylic acids is 1. The maximum absolute atomic E-state index is 10.8. The normalized spacial score (nSPS) is 12.2. The third kappa shape index (κ3) is 2.41. The first-order valence-corrected chi connectivity index (χ1v) is 5.06. The number of aliphatic carboxylic acids is 1. The van der Waals surface area contributed by atoms with Gasteiger partial charge in [0.05, 0.1) is 13.0 Å². The van der Waals surface area contributed by atoms with Gasteiger partial charge in [0.1, 0.15) is 16.0 Å². The number of ether oxygens (including phenoxy) is 1. The summed E-state index contributed by atoms with van der Waals surface area (Å²) >= 11 is 3.14. The van der Waals surface area contributed by atoms with E-state index in [1.807, 2.05) is 0 Å². The van der Waals surface area contributed by atoms with Gasteiger partial charge < -0.3 is 14.9 Å². The van der Waals surface area contributed by atoms with Crippen molar-refractivity contribution in [1.29, 1.82) is 0 Å². The summed E-state index contributed by atoms with van der Waals surface area (Å²) in [6, 6.07) is 2.99. The molecule has 2 N–H and O–H groups in total. The van der Waals surface area contributed by atoms with Crippen LogP contribution in [0.5, 0.6) is 11.5 Å². The van der Waals surface area contributed by atoms with Crippen LogP contribution in [0.15, 0.2) is 16.6 Å². The van der Waals surface area contributed by atoms with E-state index in [1.54, 1.807) is 13.0 Å². The Kier molecular flexibility index (Phi) is 3.57. The quantitative estimate of drug-likeness (QED) is 0.888. The van der Waals surface area contributed by atoms with Crippen molar-refractivity contribution in [1.82, 2.24) is 0 Å². The highest BCUT2D eigenvalue weighted by atomic mass is 79.9. The summed E-state index contributed by atoms with van der Waals surface area (Å²) in [6.07, 6.45) is 0. The zero-order valence-corrected chi connectivity index (χ0v) is 9.91. The molecule has 0 aromatic heterocycles. The summed E-state index contributed by atoms with van der Waals surface area (Å²) in [4.78, 5) is 10.8. The topological polar surface area (TPSA) is 66.8 Å². The molecule has 82 valence electrons. The van der Waals surface area contributed by atoms with Crippen LogP contribution < -0.4 is 4.74 Å². The number of phenolic OH excluding ortho intramolecular Hbond substituents is 1. The molecule has 0 radical (unpaired) electrons. The minimum absolute atomic E-state index is 0.0301. The molecule has 4 nitrogen and oxygen atoms in total. The highest BCUT2D eigenvalue weighted by molar-refractivity contribution is 9.10. The maximum atomic E-state index is 10.8. The fourth-order valence-electron chi connectivity index (χ4n) is 1.14. The summed E-state index contributed by atoms with van der Waals surface area (Å²) in [5.74, 6) is -1.24. The van der Waals surface area contributed by atoms with Gasteiger partial charge in [0.25, 0.3) is 0 Å². The molecular weight excluding hydrogens is 264 g/mol. The monoisotopic (exact) mass is 274 g/mol. The molecule has 0 aliphatic carbocycles. The number of aromatic hydroxyl groups is 1. The van der Waals surface area contributed by atoms with Crippen molar-refractivity contribution in [3.05, 3.63) is 22.2 Å². The molecule has 0 saturated heterocycles. The lowest BCUT2D eigenvalue weighted by Crippen LogP contribution is -2.07. The average molecular weight is 275 g/mol. The minimum Gasteiger partial charge on any atom is -0.507 e. The Morgan fingerprint density at radius 1 is 1.53 bits per heavy atom. The van der Waals surface area contributed by atoms with Gasteiger partial charge in [-0.15, -0.1) is 0 Å². The number of carbonyl (C=O) groups is 1. The van der Waals surface area contributed by atoms with E-state index in [4.69, 9.17) is 9.84 Å². The Morgan fingerprint density at radius 3 is 2.60 bits per heavy atom. The molecule has 0 spiro atoms. The second-order valence-corrected chi connectivity index (χ2v) is 3.91. The Labute approximate surface area is 95.6 Å². The van der Waals surface area contributed by atoms with E-state index in [1.165, 1.54) is 13.2 Å². The molecule has 0 heterocycles. The van der Waals surface area contributed by atoms with Crippen LogP contribution in [0.2, 0.25) is 0 Å². The van der Waals surface area contributed by atoms with Crippen LogP contribution in [0.25, 0.3) is 0 Å². The lowest BCUT2D eigenvalue weighted by molar-refractivity contribution is -0.138. The van der Waals surface area contributed by atoms with Gasteiger partial charge in [0.15, 0.2) is 0 Å². The summed E-state index contributed by atoms with van der Waals surface area (Å²) in [7, 11) is 1.45. The molecule has 1 atom stereocenters. The second kappa shape index (κ2) is 4.53. The van der Waals surface area contributed by atoms with E-state index in [0.29, 0.717) is 15.8 Å². The van der Waals surface area contributed by atoms with E-state index in [2.05, 4.69) is 15.9 Å². The van der Waals surface area contributed by atoms with Crippen LogP contribution in [-0.4, -0.2) is 23.3 Å². The smallest absolute Gasteiger partial charge is 0.310 e. The Bertz CT molecular complexity index is 389. The van der Waals surface area contributed by atoms with Crippen molar-refractivity contribution in [3.8, 4) is 11.5 Å². The van der Waals surface area contributed by atoms with E-state index in [0.717, 1.165) is 0 Å². The standard InChI is InChI=1S/C10H11BrO4/c1-5(10(13)14)6-3-7(12)9(11)8(4-6)15-2/h3-5,12H,1-2H3,(H,13,14). The van der Waals surface area contributed by atoms with Gasteiger partial charge in [-0.25, -0.2) is 0 Å². The first-order chi connectivity index (χ1) is 6.97. The molecule has 0 saturated carbocycles. The maximum Gasteiger partial charge on any atom is 0.310 e. The predicted octanol–water partition coefficient (Wildman–Crippen LogP) is 2.35. The van der Waals surface area contributed by atoms with Gasteiger partial charge in [0.2, 0.25) is 0 Å². The van der Waals surface area contributed by atoms with Gasteiger partial charge in [0, 0.05) is 0 Å². The summed E-state index contributed by atoms with van der Waals surface area (Å²) in [5, 5.41) is 18.3. The number of phenols is 1. The van der Waals surface area contributed by atoms with Crippen molar-refractivity contribution in [2.45, 2.75) is 12.8 Å². The van der Waals surface area contributed by atoms with Crippen LogP contribution >= 0.6 is 15.9 Å². The molecule has 1 aromatic carbocycles. The molecule has 15 heavy (non-hydrogen) atoms. The van der Waals surface area contributed by atoms with Crippen LogP contribution in [-0.2, 0) is 4.79 Å². The van der Waals surface area contributed by atoms with Crippen LogP contribution in [0.1, 0.15) is 18.4 Å². The lowest BCUT2D eigenvalue weighted by Gasteiger charge is -2.11. The van der Waals surface area contributed by atoms with E-state index in [9.17, 15) is 9.90 Å². The molecule has 0 aliphatic heterocycles. The molecule has 0 amide bonds. The van der Waals surface area contributed by atoms with Gasteiger partial charge in [-0.05, 0) is 40.5 Å².